The van der Waals surface area contributed by atoms with Crippen molar-refractivity contribution in [3.63, 3.8) is 0 Å². The van der Waals surface area contributed by atoms with Crippen LogP contribution in [0.2, 0.25) is 0 Å². The van der Waals surface area contributed by atoms with Gasteiger partial charge in [-0.1, -0.05) is 12.8 Å². The Morgan fingerprint density at radius 2 is 2.06 bits per heavy atom. The molecule has 6 heteroatoms. The predicted octanol–water partition coefficient (Wildman–Crippen LogP) is 0.761. The Labute approximate surface area is 103 Å². The fourth-order valence-corrected chi connectivity index (χ4v) is 3.23. The van der Waals surface area contributed by atoms with Gasteiger partial charge in [-0.25, -0.2) is 13.1 Å². The van der Waals surface area contributed by atoms with Gasteiger partial charge in [0.2, 0.25) is 10.0 Å². The van der Waals surface area contributed by atoms with Crippen LogP contribution in [0, 0.1) is 17.2 Å². The lowest BCUT2D eigenvalue weighted by molar-refractivity contribution is 0.115. The van der Waals surface area contributed by atoms with Gasteiger partial charge in [0.05, 0.1) is 17.9 Å². The van der Waals surface area contributed by atoms with Gasteiger partial charge in [-0.3, -0.25) is 0 Å². The van der Waals surface area contributed by atoms with Gasteiger partial charge >= 0.3 is 0 Å². The number of aliphatic hydroxyl groups is 1. The van der Waals surface area contributed by atoms with Gasteiger partial charge in [0.25, 0.3) is 0 Å². The zero-order chi connectivity index (χ0) is 12.7. The van der Waals surface area contributed by atoms with E-state index < -0.39 is 16.1 Å². The van der Waals surface area contributed by atoms with E-state index in [0.717, 1.165) is 25.7 Å². The van der Waals surface area contributed by atoms with Crippen molar-refractivity contribution >= 4 is 10.0 Å². The van der Waals surface area contributed by atoms with Crippen LogP contribution in [0.3, 0.4) is 0 Å². The molecule has 0 amide bonds. The molecule has 2 N–H and O–H groups in total. The van der Waals surface area contributed by atoms with Crippen molar-refractivity contribution in [2.24, 2.45) is 5.92 Å². The molecule has 0 heterocycles. The number of unbranched alkanes of at least 4 members (excludes halogenated alkanes) is 1. The zero-order valence-electron chi connectivity index (χ0n) is 9.93. The Kier molecular flexibility index (Phi) is 5.89. The molecule has 1 aliphatic rings. The average Bonchev–Trinajstić information content (AvgIpc) is 2.80. The highest BCUT2D eigenvalue weighted by atomic mass is 32.2. The molecular formula is C11H20N2O3S. The molecule has 1 rings (SSSR count). The third-order valence-corrected chi connectivity index (χ3v) is 4.59. The van der Waals surface area contributed by atoms with Crippen LogP contribution in [-0.4, -0.2) is 31.9 Å². The largest absolute Gasteiger partial charge is 0.391 e. The Morgan fingerprint density at radius 3 is 2.65 bits per heavy atom. The monoisotopic (exact) mass is 260 g/mol. The maximum atomic E-state index is 11.5. The molecule has 0 aromatic rings. The van der Waals surface area contributed by atoms with Gasteiger partial charge < -0.3 is 5.11 Å². The highest BCUT2D eigenvalue weighted by Gasteiger charge is 2.24. The standard InChI is InChI=1S/C11H20N2O3S/c12-7-3-4-8-17(15,16)13-9-11(14)10-5-1-2-6-10/h10-11,13-14H,1-6,8-9H2. The summed E-state index contributed by atoms with van der Waals surface area (Å²) in [5.74, 6) is 0.189. The molecule has 0 saturated heterocycles. The first kappa shape index (κ1) is 14.4. The lowest BCUT2D eigenvalue weighted by atomic mass is 10.0. The summed E-state index contributed by atoms with van der Waals surface area (Å²) in [6.45, 7) is 0.0968. The number of nitriles is 1. The summed E-state index contributed by atoms with van der Waals surface area (Å²) < 4.78 is 25.4. The summed E-state index contributed by atoms with van der Waals surface area (Å²) in [5, 5.41) is 18.1. The number of sulfonamides is 1. The minimum Gasteiger partial charge on any atom is -0.391 e. The van der Waals surface area contributed by atoms with Crippen LogP contribution in [0.5, 0.6) is 0 Å². The Hall–Kier alpha value is -0.640. The Balaban J connectivity index is 2.26. The van der Waals surface area contributed by atoms with Crippen molar-refractivity contribution in [3.05, 3.63) is 0 Å². The number of aliphatic hydroxyl groups excluding tert-OH is 1. The van der Waals surface area contributed by atoms with E-state index in [1.165, 1.54) is 0 Å². The summed E-state index contributed by atoms with van der Waals surface area (Å²) >= 11 is 0. The van der Waals surface area contributed by atoms with Gasteiger partial charge in [0.15, 0.2) is 0 Å². The molecular weight excluding hydrogens is 240 g/mol. The summed E-state index contributed by atoms with van der Waals surface area (Å²) in [7, 11) is -3.34. The van der Waals surface area contributed by atoms with Crippen LogP contribution in [-0.2, 0) is 10.0 Å². The third kappa shape index (κ3) is 5.48. The first-order chi connectivity index (χ1) is 8.05. The van der Waals surface area contributed by atoms with Gasteiger partial charge in [-0.15, -0.1) is 0 Å². The smallest absolute Gasteiger partial charge is 0.211 e. The summed E-state index contributed by atoms with van der Waals surface area (Å²) in [6, 6.07) is 1.91. The molecule has 0 radical (unpaired) electrons. The van der Waals surface area contributed by atoms with Crippen LogP contribution in [0.1, 0.15) is 38.5 Å². The van der Waals surface area contributed by atoms with Gasteiger partial charge in [0, 0.05) is 13.0 Å². The summed E-state index contributed by atoms with van der Waals surface area (Å²) in [4.78, 5) is 0. The van der Waals surface area contributed by atoms with Crippen LogP contribution in [0.25, 0.3) is 0 Å². The first-order valence-corrected chi connectivity index (χ1v) is 7.73. The van der Waals surface area contributed by atoms with Crippen molar-refractivity contribution in [1.29, 1.82) is 5.26 Å². The molecule has 1 atom stereocenters. The second-order valence-electron chi connectivity index (χ2n) is 4.54. The third-order valence-electron chi connectivity index (χ3n) is 3.16. The van der Waals surface area contributed by atoms with E-state index in [0.29, 0.717) is 6.42 Å². The fourth-order valence-electron chi connectivity index (χ4n) is 2.13. The van der Waals surface area contributed by atoms with Crippen molar-refractivity contribution < 1.29 is 13.5 Å². The average molecular weight is 260 g/mol. The molecule has 1 unspecified atom stereocenters. The molecule has 1 saturated carbocycles. The fraction of sp³-hybridized carbons (Fsp3) is 0.909. The minimum absolute atomic E-state index is 0.0437. The molecule has 1 aliphatic carbocycles. The Morgan fingerprint density at radius 1 is 1.41 bits per heavy atom. The Bertz CT molecular complexity index is 355. The van der Waals surface area contributed by atoms with Crippen LogP contribution >= 0.6 is 0 Å². The van der Waals surface area contributed by atoms with Crippen LogP contribution in [0.15, 0.2) is 0 Å². The number of hydrogen-bond acceptors (Lipinski definition) is 4. The lowest BCUT2D eigenvalue weighted by Crippen LogP contribution is -2.36. The molecule has 5 nitrogen and oxygen atoms in total. The summed E-state index contributed by atoms with van der Waals surface area (Å²) in [6.07, 6.45) is 4.21. The molecule has 1 fully saturated rings. The van der Waals surface area contributed by atoms with E-state index in [1.807, 2.05) is 6.07 Å². The zero-order valence-corrected chi connectivity index (χ0v) is 10.7. The topological polar surface area (TPSA) is 90.2 Å². The SMILES string of the molecule is N#CCCCS(=O)(=O)NCC(O)C1CCCC1. The molecule has 17 heavy (non-hydrogen) atoms. The van der Waals surface area contributed by atoms with E-state index in [9.17, 15) is 13.5 Å². The van der Waals surface area contributed by atoms with Crippen LogP contribution in [0.4, 0.5) is 0 Å². The molecule has 0 spiro atoms. The minimum atomic E-state index is -3.34. The molecule has 0 aromatic heterocycles. The number of rotatable bonds is 7. The predicted molar refractivity (Wildman–Crippen MR) is 64.6 cm³/mol. The second-order valence-corrected chi connectivity index (χ2v) is 6.47. The second kappa shape index (κ2) is 6.94. The molecule has 98 valence electrons. The van der Waals surface area contributed by atoms with Crippen molar-refractivity contribution in [2.75, 3.05) is 12.3 Å². The summed E-state index contributed by atoms with van der Waals surface area (Å²) in [5.41, 5.74) is 0. The van der Waals surface area contributed by atoms with Gasteiger partial charge in [-0.05, 0) is 25.2 Å². The number of nitrogens with zero attached hydrogens (tertiary/aromatic N) is 1. The highest BCUT2D eigenvalue weighted by Crippen LogP contribution is 2.27. The van der Waals surface area contributed by atoms with E-state index in [-0.39, 0.29) is 24.6 Å². The van der Waals surface area contributed by atoms with E-state index >= 15 is 0 Å². The van der Waals surface area contributed by atoms with Gasteiger partial charge in [0.1, 0.15) is 0 Å². The van der Waals surface area contributed by atoms with Crippen molar-refractivity contribution in [3.8, 4) is 6.07 Å². The molecule has 0 aliphatic heterocycles. The normalized spacial score (nSPS) is 19.1. The molecule has 0 aromatic carbocycles. The van der Waals surface area contributed by atoms with Gasteiger partial charge in [-0.2, -0.15) is 5.26 Å². The first-order valence-electron chi connectivity index (χ1n) is 6.07. The van der Waals surface area contributed by atoms with E-state index in [1.54, 1.807) is 0 Å². The quantitative estimate of drug-likeness (QED) is 0.661. The highest BCUT2D eigenvalue weighted by molar-refractivity contribution is 7.89. The van der Waals surface area contributed by atoms with E-state index in [2.05, 4.69) is 4.72 Å². The lowest BCUT2D eigenvalue weighted by Gasteiger charge is -2.17. The maximum Gasteiger partial charge on any atom is 0.211 e. The number of hydrogen-bond donors (Lipinski definition) is 2. The number of nitrogens with one attached hydrogen (secondary N) is 1. The van der Waals surface area contributed by atoms with E-state index in [4.69, 9.17) is 5.26 Å². The van der Waals surface area contributed by atoms with Crippen LogP contribution < -0.4 is 4.72 Å². The molecule has 0 bridgehead atoms. The maximum absolute atomic E-state index is 11.5. The van der Waals surface area contributed by atoms with Crippen molar-refractivity contribution in [2.45, 2.75) is 44.6 Å². The van der Waals surface area contributed by atoms with Crippen molar-refractivity contribution in [1.82, 2.24) is 4.72 Å².